The van der Waals surface area contributed by atoms with Crippen molar-refractivity contribution in [3.8, 4) is 5.75 Å². The van der Waals surface area contributed by atoms with Gasteiger partial charge in [-0.15, -0.1) is 0 Å². The average Bonchev–Trinajstić information content (AvgIpc) is 2.75. The first kappa shape index (κ1) is 26.7. The number of urea groups is 1. The van der Waals surface area contributed by atoms with Crippen LogP contribution in [0.4, 0.5) is 10.5 Å². The number of nitrogens with zero attached hydrogens (tertiary/aromatic N) is 2. The van der Waals surface area contributed by atoms with Crippen LogP contribution >= 0.6 is 0 Å². The highest BCUT2D eigenvalue weighted by molar-refractivity contribution is 7.92. The molecule has 0 unspecified atom stereocenters. The Balaban J connectivity index is 2.45. The predicted molar refractivity (Wildman–Crippen MR) is 127 cm³/mol. The minimum atomic E-state index is -3.51. The standard InChI is InChI=1S/C22H36N4O6S/c1-7-10-23-22(28)26-12-15(2)20(31-5)13-25(4)21(27)18-11-17(24-33(6,29)30)8-9-19(18)32-14-16(26)3/h8-9,11,15-16,20,24H,7,10,12-14H2,1-6H3,(H,23,28)/t15-,16-,20+/m0/s1. The highest BCUT2D eigenvalue weighted by Crippen LogP contribution is 2.26. The number of hydrogen-bond acceptors (Lipinski definition) is 6. The van der Waals surface area contributed by atoms with E-state index >= 15 is 0 Å². The molecule has 0 radical (unpaired) electrons. The Morgan fingerprint density at radius 2 is 1.97 bits per heavy atom. The Labute approximate surface area is 196 Å². The van der Waals surface area contributed by atoms with E-state index in [-0.39, 0.29) is 47.9 Å². The van der Waals surface area contributed by atoms with E-state index < -0.39 is 10.0 Å². The van der Waals surface area contributed by atoms with Crippen molar-refractivity contribution in [3.63, 3.8) is 0 Å². The number of rotatable bonds is 5. The first-order valence-electron chi connectivity index (χ1n) is 11.0. The van der Waals surface area contributed by atoms with E-state index in [1.54, 1.807) is 25.1 Å². The maximum absolute atomic E-state index is 13.2. The summed E-state index contributed by atoms with van der Waals surface area (Å²) in [4.78, 5) is 29.4. The molecule has 1 aliphatic rings. The molecule has 3 amide bonds. The molecule has 0 bridgehead atoms. The van der Waals surface area contributed by atoms with Gasteiger partial charge in [-0.1, -0.05) is 13.8 Å². The van der Waals surface area contributed by atoms with E-state index in [0.29, 0.717) is 25.4 Å². The molecule has 2 rings (SSSR count). The number of likely N-dealkylation sites (N-methyl/N-ethyl adjacent to an activating group) is 1. The van der Waals surface area contributed by atoms with E-state index in [2.05, 4.69) is 10.0 Å². The van der Waals surface area contributed by atoms with Gasteiger partial charge >= 0.3 is 6.03 Å². The number of ether oxygens (including phenoxy) is 2. The van der Waals surface area contributed by atoms with Gasteiger partial charge in [0.25, 0.3) is 5.91 Å². The fraction of sp³-hybridized carbons (Fsp3) is 0.636. The molecule has 33 heavy (non-hydrogen) atoms. The number of hydrogen-bond donors (Lipinski definition) is 2. The second-order valence-corrected chi connectivity index (χ2v) is 10.3. The molecule has 0 aliphatic carbocycles. The fourth-order valence-electron chi connectivity index (χ4n) is 3.67. The lowest BCUT2D eigenvalue weighted by molar-refractivity contribution is 0.0166. The van der Waals surface area contributed by atoms with Crippen molar-refractivity contribution in [2.24, 2.45) is 5.92 Å². The topological polar surface area (TPSA) is 117 Å². The molecular weight excluding hydrogens is 448 g/mol. The van der Waals surface area contributed by atoms with Crippen molar-refractivity contribution in [2.75, 3.05) is 51.4 Å². The van der Waals surface area contributed by atoms with E-state index in [9.17, 15) is 18.0 Å². The third-order valence-corrected chi connectivity index (χ3v) is 6.14. The van der Waals surface area contributed by atoms with Gasteiger partial charge in [0.15, 0.2) is 0 Å². The van der Waals surface area contributed by atoms with Gasteiger partial charge in [0.2, 0.25) is 10.0 Å². The van der Waals surface area contributed by atoms with E-state index in [1.165, 1.54) is 17.0 Å². The molecule has 11 heteroatoms. The minimum Gasteiger partial charge on any atom is -0.491 e. The zero-order valence-electron chi connectivity index (χ0n) is 20.3. The third kappa shape index (κ3) is 7.50. The Morgan fingerprint density at radius 3 is 2.58 bits per heavy atom. The van der Waals surface area contributed by atoms with Gasteiger partial charge in [-0.3, -0.25) is 9.52 Å². The summed E-state index contributed by atoms with van der Waals surface area (Å²) in [5.74, 6) is -0.0614. The maximum atomic E-state index is 13.2. The molecule has 0 saturated heterocycles. The van der Waals surface area contributed by atoms with Crippen LogP contribution < -0.4 is 14.8 Å². The zero-order chi connectivity index (χ0) is 24.8. The minimum absolute atomic E-state index is 0.0581. The van der Waals surface area contributed by atoms with Gasteiger partial charge in [-0.2, -0.15) is 0 Å². The maximum Gasteiger partial charge on any atom is 0.317 e. The summed E-state index contributed by atoms with van der Waals surface area (Å²) in [6, 6.07) is 4.10. The van der Waals surface area contributed by atoms with Crippen molar-refractivity contribution >= 4 is 27.6 Å². The van der Waals surface area contributed by atoms with Crippen LogP contribution in [0.2, 0.25) is 0 Å². The number of methoxy groups -OCH3 is 1. The third-order valence-electron chi connectivity index (χ3n) is 5.54. The van der Waals surface area contributed by atoms with Gasteiger partial charge in [0.1, 0.15) is 12.4 Å². The van der Waals surface area contributed by atoms with E-state index in [4.69, 9.17) is 9.47 Å². The normalized spacial score (nSPS) is 22.5. The van der Waals surface area contributed by atoms with Crippen LogP contribution in [0.1, 0.15) is 37.6 Å². The van der Waals surface area contributed by atoms with Crippen LogP contribution in [0, 0.1) is 5.92 Å². The second kappa shape index (κ2) is 11.6. The molecule has 3 atom stereocenters. The van der Waals surface area contributed by atoms with Gasteiger partial charge in [0.05, 0.1) is 24.0 Å². The summed E-state index contributed by atoms with van der Waals surface area (Å²) in [7, 11) is -0.276. The largest absolute Gasteiger partial charge is 0.491 e. The van der Waals surface area contributed by atoms with Gasteiger partial charge in [0, 0.05) is 45.4 Å². The smallest absolute Gasteiger partial charge is 0.317 e. The number of benzene rings is 1. The lowest BCUT2D eigenvalue weighted by atomic mass is 10.0. The number of fused-ring (bicyclic) bond motifs is 1. The van der Waals surface area contributed by atoms with Gasteiger partial charge in [-0.25, -0.2) is 13.2 Å². The Bertz CT molecular complexity index is 939. The van der Waals surface area contributed by atoms with Crippen molar-refractivity contribution in [1.82, 2.24) is 15.1 Å². The summed E-state index contributed by atoms with van der Waals surface area (Å²) in [6.07, 6.45) is 1.56. The molecule has 186 valence electrons. The average molecular weight is 485 g/mol. The van der Waals surface area contributed by atoms with Crippen LogP contribution in [-0.4, -0.2) is 89.0 Å². The van der Waals surface area contributed by atoms with Crippen molar-refractivity contribution in [3.05, 3.63) is 23.8 Å². The van der Waals surface area contributed by atoms with Gasteiger partial charge in [-0.05, 0) is 31.5 Å². The monoisotopic (exact) mass is 484 g/mol. The summed E-state index contributed by atoms with van der Waals surface area (Å²) in [6.45, 7) is 7.31. The molecule has 2 N–H and O–H groups in total. The van der Waals surface area contributed by atoms with E-state index in [0.717, 1.165) is 12.7 Å². The number of carbonyl (C=O) groups is 2. The second-order valence-electron chi connectivity index (χ2n) is 8.57. The molecule has 0 fully saturated rings. The molecule has 10 nitrogen and oxygen atoms in total. The molecular formula is C22H36N4O6S. The van der Waals surface area contributed by atoms with Crippen molar-refractivity contribution < 1.29 is 27.5 Å². The quantitative estimate of drug-likeness (QED) is 0.660. The zero-order valence-corrected chi connectivity index (χ0v) is 21.1. The first-order valence-corrected chi connectivity index (χ1v) is 12.9. The fourth-order valence-corrected chi connectivity index (χ4v) is 4.23. The van der Waals surface area contributed by atoms with Crippen LogP contribution in [0.5, 0.6) is 5.75 Å². The SMILES string of the molecule is CCCNC(=O)N1C[C@H](C)[C@H](OC)CN(C)C(=O)c2cc(NS(C)(=O)=O)ccc2OC[C@@H]1C. The highest BCUT2D eigenvalue weighted by Gasteiger charge is 2.30. The number of amides is 3. The molecule has 1 aromatic rings. The Hall–Kier alpha value is -2.53. The van der Waals surface area contributed by atoms with E-state index in [1.807, 2.05) is 20.8 Å². The lowest BCUT2D eigenvalue weighted by Crippen LogP contribution is -2.51. The van der Waals surface area contributed by atoms with Crippen LogP contribution in [-0.2, 0) is 14.8 Å². The summed E-state index contributed by atoms with van der Waals surface area (Å²) in [5, 5.41) is 2.92. The molecule has 0 saturated carbocycles. The molecule has 1 aliphatic heterocycles. The lowest BCUT2D eigenvalue weighted by Gasteiger charge is -2.36. The number of sulfonamides is 1. The van der Waals surface area contributed by atoms with Crippen molar-refractivity contribution in [2.45, 2.75) is 39.3 Å². The molecule has 0 spiro atoms. The molecule has 1 heterocycles. The molecule has 1 aromatic carbocycles. The van der Waals surface area contributed by atoms with Crippen LogP contribution in [0.25, 0.3) is 0 Å². The summed E-state index contributed by atoms with van der Waals surface area (Å²) in [5.41, 5.74) is 0.488. The Morgan fingerprint density at radius 1 is 1.27 bits per heavy atom. The summed E-state index contributed by atoms with van der Waals surface area (Å²) < 4.78 is 37.4. The number of nitrogens with one attached hydrogen (secondary N) is 2. The first-order chi connectivity index (χ1) is 15.5. The summed E-state index contributed by atoms with van der Waals surface area (Å²) >= 11 is 0. The van der Waals surface area contributed by atoms with Gasteiger partial charge < -0.3 is 24.6 Å². The van der Waals surface area contributed by atoms with Crippen LogP contribution in [0.3, 0.4) is 0 Å². The number of anilines is 1. The van der Waals surface area contributed by atoms with Crippen molar-refractivity contribution in [1.29, 1.82) is 0 Å². The molecule has 0 aromatic heterocycles. The highest BCUT2D eigenvalue weighted by atomic mass is 32.2. The number of carbonyl (C=O) groups excluding carboxylic acids is 2. The van der Waals surface area contributed by atoms with Crippen LogP contribution in [0.15, 0.2) is 18.2 Å². The Kier molecular flexibility index (Phi) is 9.35. The predicted octanol–water partition coefficient (Wildman–Crippen LogP) is 1.98.